The first-order valence-electron chi connectivity index (χ1n) is 5.78. The van der Waals surface area contributed by atoms with Crippen molar-refractivity contribution in [2.75, 3.05) is 0 Å². The van der Waals surface area contributed by atoms with Crippen LogP contribution >= 0.6 is 0 Å². The molecule has 1 radical (unpaired) electrons. The predicted molar refractivity (Wildman–Crippen MR) is 78.9 cm³/mol. The number of hydrogen-bond donors (Lipinski definition) is 1. The van der Waals surface area contributed by atoms with Crippen LogP contribution in [0.2, 0.25) is 0 Å². The van der Waals surface area contributed by atoms with Crippen molar-refractivity contribution in [3.63, 3.8) is 0 Å². The fraction of sp³-hybridized carbons (Fsp3) is 0.0714. The van der Waals surface area contributed by atoms with Gasteiger partial charge in [-0.1, -0.05) is 0 Å². The Hall–Kier alpha value is -1.97. The molecule has 2 aromatic rings. The summed E-state index contributed by atoms with van der Waals surface area (Å²) in [5.41, 5.74) is 5.38. The van der Waals surface area contributed by atoms with Crippen molar-refractivity contribution >= 4 is 32.1 Å². The molecule has 1 N–H and O–H groups in total. The quantitative estimate of drug-likeness (QED) is 0.409. The van der Waals surface area contributed by atoms with E-state index in [-0.39, 0.29) is 0 Å². The van der Waals surface area contributed by atoms with Gasteiger partial charge >= 0.3 is 120 Å². The molecule has 0 bridgehead atoms. The standard InChI is InChI=1S/C14H13N4Se/c1-11(13-9-5-6-10-15-13)17-18-14(19)16-12-7-3-2-4-8-12/h2-10H,1H3,(H,16,18)/b17-11+. The Balaban J connectivity index is 2.04. The van der Waals surface area contributed by atoms with Crippen LogP contribution in [-0.2, 0) is 0 Å². The number of aliphatic imine (C=N–C) groups is 1. The van der Waals surface area contributed by atoms with Crippen LogP contribution < -0.4 is 5.43 Å². The third-order valence-corrected chi connectivity index (χ3v) is 2.72. The summed E-state index contributed by atoms with van der Waals surface area (Å²) >= 11 is 2.84. The van der Waals surface area contributed by atoms with Crippen LogP contribution in [0, 0.1) is 0 Å². The fourth-order valence-corrected chi connectivity index (χ4v) is 1.73. The number of hydrazone groups is 1. The molecule has 0 saturated carbocycles. The number of para-hydroxylation sites is 1. The van der Waals surface area contributed by atoms with E-state index in [2.05, 4.69) is 36.5 Å². The van der Waals surface area contributed by atoms with Gasteiger partial charge in [-0.25, -0.2) is 0 Å². The van der Waals surface area contributed by atoms with Gasteiger partial charge in [-0.05, 0) is 0 Å². The second-order valence-electron chi connectivity index (χ2n) is 3.78. The van der Waals surface area contributed by atoms with Crippen molar-refractivity contribution < 1.29 is 0 Å². The first kappa shape index (κ1) is 13.5. The SMILES string of the molecule is C/C(=N\NC([Se])=Nc1ccccc1)c1ccccn1. The van der Waals surface area contributed by atoms with Gasteiger partial charge in [0.2, 0.25) is 0 Å². The molecule has 0 aliphatic rings. The van der Waals surface area contributed by atoms with Gasteiger partial charge in [0.05, 0.1) is 0 Å². The number of amidine groups is 1. The monoisotopic (exact) mass is 317 g/mol. The molecule has 1 aromatic carbocycles. The van der Waals surface area contributed by atoms with Gasteiger partial charge in [-0.3, -0.25) is 0 Å². The first-order chi connectivity index (χ1) is 9.25. The van der Waals surface area contributed by atoms with E-state index in [1.165, 1.54) is 0 Å². The molecule has 4 nitrogen and oxygen atoms in total. The molecule has 1 aromatic heterocycles. The van der Waals surface area contributed by atoms with Crippen LogP contribution in [0.3, 0.4) is 0 Å². The maximum atomic E-state index is 4.35. The number of hydrogen-bond acceptors (Lipinski definition) is 3. The summed E-state index contributed by atoms with van der Waals surface area (Å²) in [5.74, 6) is 0. The van der Waals surface area contributed by atoms with Crippen molar-refractivity contribution in [3.8, 4) is 0 Å². The molecular formula is C14H13N4Se. The van der Waals surface area contributed by atoms with Crippen LogP contribution in [0.15, 0.2) is 64.8 Å². The summed E-state index contributed by atoms with van der Waals surface area (Å²) in [5, 5.41) is 4.23. The van der Waals surface area contributed by atoms with Crippen LogP contribution in [0.25, 0.3) is 0 Å². The van der Waals surface area contributed by atoms with Gasteiger partial charge in [0.15, 0.2) is 0 Å². The van der Waals surface area contributed by atoms with Gasteiger partial charge in [-0.2, -0.15) is 0 Å². The maximum absolute atomic E-state index is 4.35. The Kier molecular flexibility index (Phi) is 4.84. The normalized spacial score (nSPS) is 12.3. The number of benzene rings is 1. The molecule has 0 atom stereocenters. The third kappa shape index (κ3) is 4.32. The van der Waals surface area contributed by atoms with Crippen molar-refractivity contribution in [1.82, 2.24) is 10.4 Å². The van der Waals surface area contributed by atoms with Crippen LogP contribution in [0.5, 0.6) is 0 Å². The Labute approximate surface area is 120 Å². The molecule has 0 fully saturated rings. The van der Waals surface area contributed by atoms with Gasteiger partial charge < -0.3 is 0 Å². The molecular weight excluding hydrogens is 303 g/mol. The van der Waals surface area contributed by atoms with Crippen LogP contribution in [0.1, 0.15) is 12.6 Å². The van der Waals surface area contributed by atoms with Crippen LogP contribution in [0.4, 0.5) is 5.69 Å². The van der Waals surface area contributed by atoms with E-state index >= 15 is 0 Å². The van der Waals surface area contributed by atoms with Gasteiger partial charge in [-0.15, -0.1) is 0 Å². The van der Waals surface area contributed by atoms with Gasteiger partial charge in [0.25, 0.3) is 0 Å². The Bertz CT molecular complexity index is 579. The topological polar surface area (TPSA) is 49.6 Å². The zero-order chi connectivity index (χ0) is 13.5. The van der Waals surface area contributed by atoms with E-state index in [4.69, 9.17) is 0 Å². The molecule has 1 heterocycles. The molecule has 0 saturated heterocycles. The first-order valence-corrected chi connectivity index (χ1v) is 6.64. The van der Waals surface area contributed by atoms with Crippen molar-refractivity contribution in [2.24, 2.45) is 10.1 Å². The minimum absolute atomic E-state index is 0.612. The van der Waals surface area contributed by atoms with E-state index in [1.54, 1.807) is 6.20 Å². The van der Waals surface area contributed by atoms with E-state index in [0.717, 1.165) is 17.1 Å². The molecule has 0 amide bonds. The van der Waals surface area contributed by atoms with Crippen molar-refractivity contribution in [2.45, 2.75) is 6.92 Å². The van der Waals surface area contributed by atoms with E-state index in [1.807, 2.05) is 55.5 Å². The third-order valence-electron chi connectivity index (χ3n) is 2.34. The molecule has 19 heavy (non-hydrogen) atoms. The van der Waals surface area contributed by atoms with Crippen molar-refractivity contribution in [3.05, 3.63) is 60.4 Å². The van der Waals surface area contributed by atoms with E-state index in [0.29, 0.717) is 4.73 Å². The average Bonchev–Trinajstić information content (AvgIpc) is 2.47. The Morgan fingerprint density at radius 1 is 1.11 bits per heavy atom. The molecule has 0 aliphatic heterocycles. The summed E-state index contributed by atoms with van der Waals surface area (Å²) in [6.45, 7) is 1.89. The van der Waals surface area contributed by atoms with Gasteiger partial charge in [0, 0.05) is 0 Å². The summed E-state index contributed by atoms with van der Waals surface area (Å²) < 4.78 is 0.612. The zero-order valence-corrected chi connectivity index (χ0v) is 12.2. The number of nitrogens with one attached hydrogen (secondary N) is 1. The minimum atomic E-state index is 0.612. The molecule has 0 aliphatic carbocycles. The predicted octanol–water partition coefficient (Wildman–Crippen LogP) is 2.25. The Morgan fingerprint density at radius 2 is 1.84 bits per heavy atom. The van der Waals surface area contributed by atoms with Crippen LogP contribution in [-0.4, -0.2) is 31.4 Å². The average molecular weight is 316 g/mol. The Morgan fingerprint density at radius 3 is 2.53 bits per heavy atom. The van der Waals surface area contributed by atoms with E-state index < -0.39 is 0 Å². The van der Waals surface area contributed by atoms with Gasteiger partial charge in [0.1, 0.15) is 0 Å². The summed E-state index contributed by atoms with van der Waals surface area (Å²) in [6, 6.07) is 15.4. The fourth-order valence-electron chi connectivity index (χ4n) is 1.41. The molecule has 95 valence electrons. The summed E-state index contributed by atoms with van der Waals surface area (Å²) in [6.07, 6.45) is 1.74. The number of pyridine rings is 1. The molecule has 5 heteroatoms. The van der Waals surface area contributed by atoms with Crippen molar-refractivity contribution in [1.29, 1.82) is 0 Å². The molecule has 0 spiro atoms. The zero-order valence-electron chi connectivity index (χ0n) is 10.4. The molecule has 0 unspecified atom stereocenters. The second kappa shape index (κ2) is 6.83. The molecule has 2 rings (SSSR count). The number of rotatable bonds is 3. The second-order valence-corrected chi connectivity index (χ2v) is 4.59. The summed E-state index contributed by atoms with van der Waals surface area (Å²) in [4.78, 5) is 8.57. The number of nitrogens with zero attached hydrogens (tertiary/aromatic N) is 3. The van der Waals surface area contributed by atoms with E-state index in [9.17, 15) is 0 Å². The summed E-state index contributed by atoms with van der Waals surface area (Å²) in [7, 11) is 0. The number of aromatic nitrogens is 1.